The van der Waals surface area contributed by atoms with Crippen LogP contribution < -0.4 is 5.73 Å². The predicted molar refractivity (Wildman–Crippen MR) is 63.8 cm³/mol. The van der Waals surface area contributed by atoms with Gasteiger partial charge in [0.1, 0.15) is 0 Å². The molecule has 1 saturated heterocycles. The van der Waals surface area contributed by atoms with Gasteiger partial charge in [-0.15, -0.1) is 0 Å². The van der Waals surface area contributed by atoms with Crippen molar-refractivity contribution in [3.8, 4) is 0 Å². The molecule has 5 heteroatoms. The van der Waals surface area contributed by atoms with E-state index in [0.717, 1.165) is 38.3 Å². The van der Waals surface area contributed by atoms with Gasteiger partial charge in [0.15, 0.2) is 5.82 Å². The van der Waals surface area contributed by atoms with Gasteiger partial charge in [0.25, 0.3) is 0 Å². The Kier molecular flexibility index (Phi) is 3.79. The molecule has 2 N–H and O–H groups in total. The molecule has 1 unspecified atom stereocenters. The summed E-state index contributed by atoms with van der Waals surface area (Å²) in [7, 11) is 0. The molecule has 0 radical (unpaired) electrons. The maximum atomic E-state index is 5.90. The van der Waals surface area contributed by atoms with Crippen molar-refractivity contribution in [3.05, 3.63) is 11.7 Å². The zero-order chi connectivity index (χ0) is 12.3. The van der Waals surface area contributed by atoms with Gasteiger partial charge in [-0.05, 0) is 19.3 Å². The number of nitrogens with two attached hydrogens (primary N) is 1. The van der Waals surface area contributed by atoms with E-state index in [2.05, 4.69) is 24.0 Å². The molecule has 1 atom stereocenters. The fourth-order valence-electron chi connectivity index (χ4n) is 2.10. The number of hydrogen-bond acceptors (Lipinski definition) is 5. The summed E-state index contributed by atoms with van der Waals surface area (Å²) in [5, 5.41) is 4.07. The summed E-state index contributed by atoms with van der Waals surface area (Å²) in [6.45, 7) is 6.20. The fourth-order valence-corrected chi connectivity index (χ4v) is 2.10. The van der Waals surface area contributed by atoms with E-state index in [4.69, 9.17) is 15.0 Å². The maximum absolute atomic E-state index is 5.90. The van der Waals surface area contributed by atoms with Crippen LogP contribution in [0.15, 0.2) is 4.52 Å². The van der Waals surface area contributed by atoms with E-state index in [1.54, 1.807) is 0 Å². The van der Waals surface area contributed by atoms with Crippen molar-refractivity contribution in [1.29, 1.82) is 0 Å². The highest BCUT2D eigenvalue weighted by molar-refractivity contribution is 5.09. The largest absolute Gasteiger partial charge is 0.381 e. The first kappa shape index (κ1) is 12.5. The third-order valence-electron chi connectivity index (χ3n) is 3.79. The predicted octanol–water partition coefficient (Wildman–Crippen LogP) is 1.59. The summed E-state index contributed by atoms with van der Waals surface area (Å²) in [4.78, 5) is 4.53. The molecular formula is C12H21N3O2. The second kappa shape index (κ2) is 5.14. The van der Waals surface area contributed by atoms with E-state index in [1.165, 1.54) is 0 Å². The Morgan fingerprint density at radius 1 is 1.41 bits per heavy atom. The molecule has 0 spiro atoms. The van der Waals surface area contributed by atoms with Gasteiger partial charge >= 0.3 is 0 Å². The minimum Gasteiger partial charge on any atom is -0.381 e. The van der Waals surface area contributed by atoms with Crippen LogP contribution in [0.3, 0.4) is 0 Å². The normalized spacial score (nSPS) is 21.4. The average Bonchev–Trinajstić information content (AvgIpc) is 2.88. The molecule has 5 nitrogen and oxygen atoms in total. The zero-order valence-corrected chi connectivity index (χ0v) is 10.6. The highest BCUT2D eigenvalue weighted by atomic mass is 16.5. The smallest absolute Gasteiger partial charge is 0.234 e. The van der Waals surface area contributed by atoms with Crippen molar-refractivity contribution in [3.63, 3.8) is 0 Å². The maximum Gasteiger partial charge on any atom is 0.234 e. The van der Waals surface area contributed by atoms with Crippen LogP contribution in [0.4, 0.5) is 0 Å². The summed E-state index contributed by atoms with van der Waals surface area (Å²) in [6, 6.07) is 0. The van der Waals surface area contributed by atoms with Gasteiger partial charge in [0.2, 0.25) is 5.89 Å². The van der Waals surface area contributed by atoms with Crippen molar-refractivity contribution in [2.24, 2.45) is 5.73 Å². The molecular weight excluding hydrogens is 218 g/mol. The van der Waals surface area contributed by atoms with Crippen LogP contribution in [0, 0.1) is 0 Å². The molecule has 2 heterocycles. The van der Waals surface area contributed by atoms with Gasteiger partial charge in [-0.2, -0.15) is 4.98 Å². The lowest BCUT2D eigenvalue weighted by molar-refractivity contribution is 0.0409. The second-order valence-electron chi connectivity index (χ2n) is 4.86. The summed E-state index contributed by atoms with van der Waals surface area (Å²) in [5.41, 5.74) is 5.74. The summed E-state index contributed by atoms with van der Waals surface area (Å²) < 4.78 is 10.8. The first-order valence-electron chi connectivity index (χ1n) is 6.34. The molecule has 0 aliphatic carbocycles. The molecule has 1 aliphatic rings. The molecule has 0 bridgehead atoms. The topological polar surface area (TPSA) is 74.2 Å². The van der Waals surface area contributed by atoms with Gasteiger partial charge in [-0.1, -0.05) is 19.0 Å². The van der Waals surface area contributed by atoms with Gasteiger partial charge in [0, 0.05) is 25.7 Å². The van der Waals surface area contributed by atoms with E-state index in [-0.39, 0.29) is 5.41 Å². The Morgan fingerprint density at radius 2 is 2.12 bits per heavy atom. The Morgan fingerprint density at radius 3 is 2.71 bits per heavy atom. The first-order valence-corrected chi connectivity index (χ1v) is 6.34. The van der Waals surface area contributed by atoms with Crippen molar-refractivity contribution < 1.29 is 9.26 Å². The van der Waals surface area contributed by atoms with Crippen molar-refractivity contribution >= 4 is 0 Å². The number of rotatable bonds is 4. The lowest BCUT2D eigenvalue weighted by atomic mass is 9.80. The minimum atomic E-state index is -0.170. The second-order valence-corrected chi connectivity index (χ2v) is 4.86. The van der Waals surface area contributed by atoms with Crippen molar-refractivity contribution in [2.45, 2.75) is 44.4 Å². The molecule has 1 aromatic heterocycles. The molecule has 17 heavy (non-hydrogen) atoms. The third-order valence-corrected chi connectivity index (χ3v) is 3.79. The lowest BCUT2D eigenvalue weighted by Gasteiger charge is -2.32. The highest BCUT2D eigenvalue weighted by Crippen LogP contribution is 2.33. The van der Waals surface area contributed by atoms with E-state index < -0.39 is 0 Å². The Balaban J connectivity index is 2.22. The van der Waals surface area contributed by atoms with Crippen LogP contribution in [0.1, 0.15) is 50.7 Å². The molecule has 0 amide bonds. The first-order chi connectivity index (χ1) is 8.22. The monoisotopic (exact) mass is 239 g/mol. The van der Waals surface area contributed by atoms with Crippen molar-refractivity contribution in [2.75, 3.05) is 19.8 Å². The number of aromatic nitrogens is 2. The molecule has 1 aliphatic heterocycles. The minimum absolute atomic E-state index is 0.170. The molecule has 0 saturated carbocycles. The molecule has 96 valence electrons. The lowest BCUT2D eigenvalue weighted by Crippen LogP contribution is -2.40. The Labute approximate surface area is 102 Å². The van der Waals surface area contributed by atoms with Gasteiger partial charge in [-0.3, -0.25) is 0 Å². The zero-order valence-electron chi connectivity index (χ0n) is 10.6. The van der Waals surface area contributed by atoms with Crippen LogP contribution >= 0.6 is 0 Å². The van der Waals surface area contributed by atoms with Gasteiger partial charge in [-0.25, -0.2) is 0 Å². The number of ether oxygens (including phenoxy) is 1. The standard InChI is InChI=1S/C12H21N3O2/c1-3-9(2)10-14-11(17-15-10)12(8-13)4-6-16-7-5-12/h9H,3-8,13H2,1-2H3. The Bertz CT molecular complexity index is 358. The molecule has 0 aromatic carbocycles. The van der Waals surface area contributed by atoms with E-state index in [0.29, 0.717) is 18.4 Å². The average molecular weight is 239 g/mol. The SMILES string of the molecule is CCC(C)c1noc(C2(CN)CCOCC2)n1. The molecule has 2 rings (SSSR count). The van der Waals surface area contributed by atoms with Crippen LogP contribution in [0.5, 0.6) is 0 Å². The van der Waals surface area contributed by atoms with E-state index in [9.17, 15) is 0 Å². The van der Waals surface area contributed by atoms with Crippen LogP contribution in [0.2, 0.25) is 0 Å². The quantitative estimate of drug-likeness (QED) is 0.863. The highest BCUT2D eigenvalue weighted by Gasteiger charge is 2.38. The van der Waals surface area contributed by atoms with Crippen molar-refractivity contribution in [1.82, 2.24) is 10.1 Å². The molecule has 1 aromatic rings. The third kappa shape index (κ3) is 2.35. The fraction of sp³-hybridized carbons (Fsp3) is 0.833. The van der Waals surface area contributed by atoms with Gasteiger partial charge < -0.3 is 15.0 Å². The summed E-state index contributed by atoms with van der Waals surface area (Å²) in [5.74, 6) is 1.82. The molecule has 1 fully saturated rings. The van der Waals surface area contributed by atoms with Gasteiger partial charge in [0.05, 0.1) is 5.41 Å². The summed E-state index contributed by atoms with van der Waals surface area (Å²) >= 11 is 0. The van der Waals surface area contributed by atoms with E-state index >= 15 is 0 Å². The number of hydrogen-bond donors (Lipinski definition) is 1. The number of nitrogens with zero attached hydrogens (tertiary/aromatic N) is 2. The van der Waals surface area contributed by atoms with E-state index in [1.807, 2.05) is 0 Å². The van der Waals surface area contributed by atoms with Crippen LogP contribution in [-0.2, 0) is 10.2 Å². The summed E-state index contributed by atoms with van der Waals surface area (Å²) in [6.07, 6.45) is 2.75. The van der Waals surface area contributed by atoms with Crippen LogP contribution in [0.25, 0.3) is 0 Å². The Hall–Kier alpha value is -0.940. The van der Waals surface area contributed by atoms with Crippen LogP contribution in [-0.4, -0.2) is 29.9 Å².